The van der Waals surface area contributed by atoms with Crippen LogP contribution in [-0.2, 0) is 12.8 Å². The number of hydrogen-bond donors (Lipinski definition) is 2. The van der Waals surface area contributed by atoms with Crippen molar-refractivity contribution < 1.29 is 0 Å². The molecule has 2 rings (SSSR count). The lowest BCUT2D eigenvalue weighted by Gasteiger charge is -2.20. The normalized spacial score (nSPS) is 17.1. The van der Waals surface area contributed by atoms with Crippen LogP contribution < -0.4 is 5.73 Å². The van der Waals surface area contributed by atoms with E-state index in [1.807, 2.05) is 6.33 Å². The van der Waals surface area contributed by atoms with E-state index in [9.17, 15) is 0 Å². The molecule has 4 heteroatoms. The number of hydrogen-bond acceptors (Lipinski definition) is 2. The van der Waals surface area contributed by atoms with Gasteiger partial charge in [-0.15, -0.1) is 0 Å². The van der Waals surface area contributed by atoms with Gasteiger partial charge in [0, 0.05) is 5.69 Å². The Hall–Kier alpha value is -1.32. The van der Waals surface area contributed by atoms with Crippen molar-refractivity contribution in [3.05, 3.63) is 17.7 Å². The molecule has 0 saturated heterocycles. The van der Waals surface area contributed by atoms with Gasteiger partial charge >= 0.3 is 0 Å². The van der Waals surface area contributed by atoms with Crippen molar-refractivity contribution in [1.82, 2.24) is 9.55 Å². The van der Waals surface area contributed by atoms with Crippen molar-refractivity contribution >= 4 is 5.84 Å². The summed E-state index contributed by atoms with van der Waals surface area (Å²) in [4.78, 5) is 4.42. The molecule has 3 N–H and O–H groups in total. The van der Waals surface area contributed by atoms with Gasteiger partial charge in [0.05, 0.1) is 18.1 Å². The van der Waals surface area contributed by atoms with E-state index in [1.54, 1.807) is 0 Å². The molecule has 0 radical (unpaired) electrons. The molecular weight excluding hydrogens is 188 g/mol. The van der Waals surface area contributed by atoms with Crippen LogP contribution in [0, 0.1) is 5.41 Å². The number of nitrogens with one attached hydrogen (secondary N) is 1. The van der Waals surface area contributed by atoms with Gasteiger partial charge in [0.25, 0.3) is 0 Å². The molecule has 1 aliphatic rings. The summed E-state index contributed by atoms with van der Waals surface area (Å²) in [5.74, 6) is 0.239. The quantitative estimate of drug-likeness (QED) is 0.583. The maximum Gasteiger partial charge on any atom is 0.114 e. The second-order valence-electron chi connectivity index (χ2n) is 4.13. The molecular formula is C11H18N4. The smallest absolute Gasteiger partial charge is 0.114 e. The van der Waals surface area contributed by atoms with Crippen molar-refractivity contribution in [2.75, 3.05) is 0 Å². The Balaban J connectivity index is 2.35. The number of amidine groups is 1. The third-order valence-electron chi connectivity index (χ3n) is 3.14. The summed E-state index contributed by atoms with van der Waals surface area (Å²) in [5, 5.41) is 7.57. The summed E-state index contributed by atoms with van der Waals surface area (Å²) < 4.78 is 2.09. The number of aryl methyl sites for hydroxylation is 1. The Morgan fingerprint density at radius 2 is 2.33 bits per heavy atom. The summed E-state index contributed by atoms with van der Waals surface area (Å²) in [7, 11) is 0. The van der Waals surface area contributed by atoms with Crippen LogP contribution in [0.2, 0.25) is 0 Å². The van der Waals surface area contributed by atoms with Crippen LogP contribution in [0.15, 0.2) is 6.33 Å². The number of nitrogens with zero attached hydrogens (tertiary/aromatic N) is 2. The summed E-state index contributed by atoms with van der Waals surface area (Å²) in [6, 6.07) is -0.000602. The minimum absolute atomic E-state index is 0.000602. The van der Waals surface area contributed by atoms with Gasteiger partial charge in [0.15, 0.2) is 0 Å². The fourth-order valence-electron chi connectivity index (χ4n) is 2.33. The van der Waals surface area contributed by atoms with Gasteiger partial charge in [-0.1, -0.05) is 6.92 Å². The molecule has 0 fully saturated rings. The van der Waals surface area contributed by atoms with E-state index in [1.165, 1.54) is 24.2 Å². The molecule has 0 amide bonds. The average molecular weight is 206 g/mol. The zero-order chi connectivity index (χ0) is 10.8. The standard InChI is InChI=1S/C11H18N4/c1-2-9(11(12)13)15-7-14-8-5-3-4-6-10(8)15/h7,9H,2-6H2,1H3,(H3,12,13). The van der Waals surface area contributed by atoms with Gasteiger partial charge in [-0.3, -0.25) is 5.41 Å². The Labute approximate surface area is 90.0 Å². The summed E-state index contributed by atoms with van der Waals surface area (Å²) >= 11 is 0. The Morgan fingerprint density at radius 1 is 1.60 bits per heavy atom. The fourth-order valence-corrected chi connectivity index (χ4v) is 2.33. The zero-order valence-electron chi connectivity index (χ0n) is 9.16. The van der Waals surface area contributed by atoms with E-state index in [2.05, 4.69) is 16.5 Å². The lowest BCUT2D eigenvalue weighted by Crippen LogP contribution is -2.26. The maximum atomic E-state index is 7.57. The lowest BCUT2D eigenvalue weighted by molar-refractivity contribution is 0.558. The highest BCUT2D eigenvalue weighted by atomic mass is 15.1. The van der Waals surface area contributed by atoms with Crippen molar-refractivity contribution in [2.45, 2.75) is 45.1 Å². The number of nitrogens with two attached hydrogens (primary N) is 1. The van der Waals surface area contributed by atoms with E-state index in [0.29, 0.717) is 0 Å². The Morgan fingerprint density at radius 3 is 3.00 bits per heavy atom. The van der Waals surface area contributed by atoms with Gasteiger partial charge < -0.3 is 10.3 Å². The average Bonchev–Trinajstić information content (AvgIpc) is 2.63. The topological polar surface area (TPSA) is 67.7 Å². The highest BCUT2D eigenvalue weighted by molar-refractivity contribution is 5.81. The first-order valence-corrected chi connectivity index (χ1v) is 5.62. The van der Waals surface area contributed by atoms with Crippen LogP contribution in [0.4, 0.5) is 0 Å². The molecule has 4 nitrogen and oxygen atoms in total. The van der Waals surface area contributed by atoms with E-state index < -0.39 is 0 Å². The second kappa shape index (κ2) is 4.04. The molecule has 0 spiro atoms. The van der Waals surface area contributed by atoms with E-state index >= 15 is 0 Å². The van der Waals surface area contributed by atoms with E-state index in [4.69, 9.17) is 11.1 Å². The number of imidazole rings is 1. The van der Waals surface area contributed by atoms with Crippen LogP contribution in [0.5, 0.6) is 0 Å². The van der Waals surface area contributed by atoms with Gasteiger partial charge in [-0.25, -0.2) is 4.98 Å². The highest BCUT2D eigenvalue weighted by Gasteiger charge is 2.20. The van der Waals surface area contributed by atoms with Crippen molar-refractivity contribution in [1.29, 1.82) is 5.41 Å². The number of aromatic nitrogens is 2. The van der Waals surface area contributed by atoms with E-state index in [-0.39, 0.29) is 11.9 Å². The fraction of sp³-hybridized carbons (Fsp3) is 0.636. The molecule has 82 valence electrons. The van der Waals surface area contributed by atoms with Gasteiger partial charge in [-0.2, -0.15) is 0 Å². The lowest BCUT2D eigenvalue weighted by atomic mass is 10.0. The zero-order valence-corrected chi connectivity index (χ0v) is 9.16. The van der Waals surface area contributed by atoms with Gasteiger partial charge in [-0.05, 0) is 32.1 Å². The molecule has 0 aromatic carbocycles. The minimum atomic E-state index is -0.000602. The third kappa shape index (κ3) is 1.76. The van der Waals surface area contributed by atoms with Crippen molar-refractivity contribution in [3.63, 3.8) is 0 Å². The SMILES string of the molecule is CCC(C(=N)N)n1cnc2c1CCCC2. The molecule has 1 unspecified atom stereocenters. The van der Waals surface area contributed by atoms with Crippen LogP contribution in [0.1, 0.15) is 43.6 Å². The van der Waals surface area contributed by atoms with Crippen molar-refractivity contribution in [3.8, 4) is 0 Å². The monoisotopic (exact) mass is 206 g/mol. The Kier molecular flexibility index (Phi) is 2.75. The van der Waals surface area contributed by atoms with Crippen LogP contribution in [0.25, 0.3) is 0 Å². The van der Waals surface area contributed by atoms with Crippen LogP contribution >= 0.6 is 0 Å². The maximum absolute atomic E-state index is 7.57. The molecule has 1 aliphatic carbocycles. The van der Waals surface area contributed by atoms with Gasteiger partial charge in [0.2, 0.25) is 0 Å². The summed E-state index contributed by atoms with van der Waals surface area (Å²) in [5.41, 5.74) is 8.11. The molecule has 1 aromatic heterocycles. The third-order valence-corrected chi connectivity index (χ3v) is 3.14. The van der Waals surface area contributed by atoms with Crippen LogP contribution in [-0.4, -0.2) is 15.4 Å². The van der Waals surface area contributed by atoms with Crippen molar-refractivity contribution in [2.24, 2.45) is 5.73 Å². The summed E-state index contributed by atoms with van der Waals surface area (Å²) in [6.07, 6.45) is 7.34. The number of fused-ring (bicyclic) bond motifs is 1. The molecule has 0 bridgehead atoms. The largest absolute Gasteiger partial charge is 0.386 e. The summed E-state index contributed by atoms with van der Waals surface area (Å²) in [6.45, 7) is 2.06. The molecule has 1 atom stereocenters. The Bertz CT molecular complexity index is 367. The molecule has 15 heavy (non-hydrogen) atoms. The van der Waals surface area contributed by atoms with Gasteiger partial charge in [0.1, 0.15) is 5.84 Å². The number of rotatable bonds is 3. The predicted molar refractivity (Wildman–Crippen MR) is 60.1 cm³/mol. The molecule has 0 saturated carbocycles. The second-order valence-corrected chi connectivity index (χ2v) is 4.13. The predicted octanol–water partition coefficient (Wildman–Crippen LogP) is 1.65. The van der Waals surface area contributed by atoms with Crippen LogP contribution in [0.3, 0.4) is 0 Å². The first-order valence-electron chi connectivity index (χ1n) is 5.62. The first-order chi connectivity index (χ1) is 7.24. The molecule has 1 heterocycles. The molecule has 1 aromatic rings. The minimum Gasteiger partial charge on any atom is -0.386 e. The molecule has 0 aliphatic heterocycles. The first kappa shape index (κ1) is 10.2. The highest BCUT2D eigenvalue weighted by Crippen LogP contribution is 2.24. The van der Waals surface area contributed by atoms with E-state index in [0.717, 1.165) is 19.3 Å².